The Morgan fingerprint density at radius 1 is 1.17 bits per heavy atom. The van der Waals surface area contributed by atoms with Gasteiger partial charge in [0.25, 0.3) is 5.91 Å². The van der Waals surface area contributed by atoms with Gasteiger partial charge in [-0.1, -0.05) is 12.1 Å². The minimum Gasteiger partial charge on any atom is -0.475 e. The first-order chi connectivity index (χ1) is 11.0. The lowest BCUT2D eigenvalue weighted by molar-refractivity contribution is 0.0660. The maximum Gasteiger partial charge on any atom is 0.371 e. The number of carbonyl (C=O) groups excluding carboxylic acids is 1. The van der Waals surface area contributed by atoms with Crippen LogP contribution in [0.3, 0.4) is 0 Å². The second-order valence-electron chi connectivity index (χ2n) is 4.88. The van der Waals surface area contributed by atoms with Crippen LogP contribution in [0, 0.1) is 6.92 Å². The number of para-hydroxylation sites is 1. The first-order valence-electron chi connectivity index (χ1n) is 6.80. The molecule has 7 nitrogen and oxygen atoms in total. The highest BCUT2D eigenvalue weighted by Crippen LogP contribution is 2.26. The van der Waals surface area contributed by atoms with E-state index in [1.165, 1.54) is 12.1 Å². The van der Waals surface area contributed by atoms with Crippen molar-refractivity contribution in [1.29, 1.82) is 0 Å². The molecule has 7 heteroatoms. The maximum atomic E-state index is 12.2. The van der Waals surface area contributed by atoms with Crippen molar-refractivity contribution < 1.29 is 19.1 Å². The molecule has 0 saturated carbocycles. The van der Waals surface area contributed by atoms with Crippen molar-refractivity contribution in [2.45, 2.75) is 6.92 Å². The number of amides is 1. The van der Waals surface area contributed by atoms with Crippen molar-refractivity contribution in [3.63, 3.8) is 0 Å². The molecule has 1 amide bonds. The van der Waals surface area contributed by atoms with Crippen LogP contribution in [0.5, 0.6) is 0 Å². The largest absolute Gasteiger partial charge is 0.475 e. The van der Waals surface area contributed by atoms with Crippen LogP contribution < -0.4 is 5.32 Å². The van der Waals surface area contributed by atoms with E-state index in [2.05, 4.69) is 15.3 Å². The number of imidazole rings is 1. The second kappa shape index (κ2) is 5.80. The molecule has 116 valence electrons. The Balaban J connectivity index is 1.88. The molecule has 0 radical (unpaired) electrons. The Labute approximate surface area is 131 Å². The summed E-state index contributed by atoms with van der Waals surface area (Å²) in [5.41, 5.74) is 2.16. The summed E-state index contributed by atoms with van der Waals surface area (Å²) < 4.78 is 4.99. The zero-order valence-electron chi connectivity index (χ0n) is 12.2. The van der Waals surface area contributed by atoms with E-state index in [0.717, 1.165) is 11.3 Å². The monoisotopic (exact) mass is 311 g/mol. The molecule has 3 aromatic rings. The first-order valence-corrected chi connectivity index (χ1v) is 6.80. The standard InChI is InChI=1S/C16H13N3O4/c1-9-8-17-14(18-9)10-4-2-3-5-11(10)19-15(20)12-6-7-13(23-12)16(21)22/h2-8H,1H3,(H,17,18)(H,19,20)(H,21,22). The fourth-order valence-corrected chi connectivity index (χ4v) is 2.11. The topological polar surface area (TPSA) is 108 Å². The highest BCUT2D eigenvalue weighted by atomic mass is 16.4. The number of nitrogens with zero attached hydrogens (tertiary/aromatic N) is 1. The van der Waals surface area contributed by atoms with Gasteiger partial charge in [0.2, 0.25) is 5.76 Å². The van der Waals surface area contributed by atoms with Gasteiger partial charge in [0.1, 0.15) is 5.82 Å². The number of furan rings is 1. The SMILES string of the molecule is Cc1cnc(-c2ccccc2NC(=O)c2ccc(C(=O)O)o2)[nH]1. The van der Waals surface area contributed by atoms with Crippen LogP contribution in [0.2, 0.25) is 0 Å². The molecule has 0 spiro atoms. The smallest absolute Gasteiger partial charge is 0.371 e. The third-order valence-electron chi connectivity index (χ3n) is 3.17. The van der Waals surface area contributed by atoms with Gasteiger partial charge in [-0.15, -0.1) is 0 Å². The number of aromatic amines is 1. The van der Waals surface area contributed by atoms with Gasteiger partial charge in [0.15, 0.2) is 5.76 Å². The molecule has 0 aliphatic carbocycles. The number of carbonyl (C=O) groups is 2. The highest BCUT2D eigenvalue weighted by molar-refractivity contribution is 6.04. The molecule has 23 heavy (non-hydrogen) atoms. The lowest BCUT2D eigenvalue weighted by Gasteiger charge is -2.08. The summed E-state index contributed by atoms with van der Waals surface area (Å²) in [7, 11) is 0. The van der Waals surface area contributed by atoms with E-state index in [1.807, 2.05) is 19.1 Å². The van der Waals surface area contributed by atoms with E-state index in [0.29, 0.717) is 11.5 Å². The van der Waals surface area contributed by atoms with Crippen LogP contribution in [0.1, 0.15) is 26.8 Å². The average Bonchev–Trinajstić information content (AvgIpc) is 3.17. The van der Waals surface area contributed by atoms with Crippen LogP contribution in [0.15, 0.2) is 47.0 Å². The number of aromatic nitrogens is 2. The second-order valence-corrected chi connectivity index (χ2v) is 4.88. The van der Waals surface area contributed by atoms with E-state index in [1.54, 1.807) is 18.3 Å². The summed E-state index contributed by atoms with van der Waals surface area (Å²) in [6.07, 6.45) is 1.69. The van der Waals surface area contributed by atoms with Gasteiger partial charge in [0, 0.05) is 17.5 Å². The molecule has 3 N–H and O–H groups in total. The highest BCUT2D eigenvalue weighted by Gasteiger charge is 2.17. The van der Waals surface area contributed by atoms with Crippen molar-refractivity contribution in [1.82, 2.24) is 9.97 Å². The number of aromatic carboxylic acids is 1. The zero-order chi connectivity index (χ0) is 16.4. The lowest BCUT2D eigenvalue weighted by atomic mass is 10.1. The number of aryl methyl sites for hydroxylation is 1. The van der Waals surface area contributed by atoms with E-state index >= 15 is 0 Å². The number of hydrogen-bond donors (Lipinski definition) is 3. The number of nitrogens with one attached hydrogen (secondary N) is 2. The average molecular weight is 311 g/mol. The Kier molecular flexibility index (Phi) is 3.68. The third kappa shape index (κ3) is 2.98. The van der Waals surface area contributed by atoms with Crippen LogP contribution in [0.25, 0.3) is 11.4 Å². The molecule has 0 aliphatic rings. The third-order valence-corrected chi connectivity index (χ3v) is 3.17. The number of carboxylic acid groups (broad SMARTS) is 1. The minimum absolute atomic E-state index is 0.0761. The van der Waals surface area contributed by atoms with Crippen LogP contribution in [0.4, 0.5) is 5.69 Å². The predicted octanol–water partition coefficient (Wildman–Crippen LogP) is 2.93. The van der Waals surface area contributed by atoms with Gasteiger partial charge in [-0.05, 0) is 31.2 Å². The van der Waals surface area contributed by atoms with Crippen LogP contribution >= 0.6 is 0 Å². The lowest BCUT2D eigenvalue weighted by Crippen LogP contribution is -2.12. The quantitative estimate of drug-likeness (QED) is 0.686. The molecular weight excluding hydrogens is 298 g/mol. The number of hydrogen-bond acceptors (Lipinski definition) is 4. The summed E-state index contributed by atoms with van der Waals surface area (Å²) >= 11 is 0. The van der Waals surface area contributed by atoms with Gasteiger partial charge < -0.3 is 19.8 Å². The van der Waals surface area contributed by atoms with Gasteiger partial charge in [-0.25, -0.2) is 9.78 Å². The normalized spacial score (nSPS) is 10.5. The fraction of sp³-hybridized carbons (Fsp3) is 0.0625. The molecule has 2 aromatic heterocycles. The summed E-state index contributed by atoms with van der Waals surface area (Å²) in [6.45, 7) is 1.88. The van der Waals surface area contributed by atoms with Crippen LogP contribution in [-0.4, -0.2) is 27.0 Å². The summed E-state index contributed by atoms with van der Waals surface area (Å²) in [4.78, 5) is 30.4. The Hall–Kier alpha value is -3.35. The maximum absolute atomic E-state index is 12.2. The number of anilines is 1. The van der Waals surface area contributed by atoms with Crippen molar-refractivity contribution in [3.8, 4) is 11.4 Å². The van der Waals surface area contributed by atoms with E-state index < -0.39 is 11.9 Å². The fourth-order valence-electron chi connectivity index (χ4n) is 2.11. The summed E-state index contributed by atoms with van der Waals surface area (Å²) in [6, 6.07) is 9.71. The van der Waals surface area contributed by atoms with E-state index in [4.69, 9.17) is 9.52 Å². The Morgan fingerprint density at radius 2 is 1.91 bits per heavy atom. The van der Waals surface area contributed by atoms with Gasteiger partial charge >= 0.3 is 5.97 Å². The zero-order valence-corrected chi connectivity index (χ0v) is 12.2. The number of H-pyrrole nitrogens is 1. The molecule has 2 heterocycles. The molecule has 1 aromatic carbocycles. The number of benzene rings is 1. The van der Waals surface area contributed by atoms with E-state index in [9.17, 15) is 9.59 Å². The van der Waals surface area contributed by atoms with Crippen molar-refractivity contribution in [2.24, 2.45) is 0 Å². The van der Waals surface area contributed by atoms with Crippen LogP contribution in [-0.2, 0) is 0 Å². The molecule has 0 bridgehead atoms. The molecule has 0 unspecified atom stereocenters. The molecule has 0 atom stereocenters. The molecule has 0 aliphatic heterocycles. The van der Waals surface area contributed by atoms with Crippen molar-refractivity contribution >= 4 is 17.6 Å². The summed E-state index contributed by atoms with van der Waals surface area (Å²) in [5, 5.41) is 11.5. The van der Waals surface area contributed by atoms with Gasteiger partial charge in [-0.3, -0.25) is 4.79 Å². The van der Waals surface area contributed by atoms with Crippen molar-refractivity contribution in [3.05, 3.63) is 59.8 Å². The van der Waals surface area contributed by atoms with E-state index in [-0.39, 0.29) is 11.5 Å². The Morgan fingerprint density at radius 3 is 2.57 bits per heavy atom. The van der Waals surface area contributed by atoms with Crippen molar-refractivity contribution in [2.75, 3.05) is 5.32 Å². The first kappa shape index (κ1) is 14.6. The van der Waals surface area contributed by atoms with Gasteiger partial charge in [0.05, 0.1) is 5.69 Å². The summed E-state index contributed by atoms with van der Waals surface area (Å²) in [5.74, 6) is -1.49. The predicted molar refractivity (Wildman–Crippen MR) is 82.4 cm³/mol. The molecular formula is C16H13N3O4. The molecule has 0 fully saturated rings. The minimum atomic E-state index is -1.23. The number of rotatable bonds is 4. The molecule has 0 saturated heterocycles. The molecule has 3 rings (SSSR count). The van der Waals surface area contributed by atoms with Gasteiger partial charge in [-0.2, -0.15) is 0 Å². The Bertz CT molecular complexity index is 879. The number of carboxylic acids is 1.